The summed E-state index contributed by atoms with van der Waals surface area (Å²) in [6, 6.07) is 2.01. The normalized spacial score (nSPS) is 12.8. The summed E-state index contributed by atoms with van der Waals surface area (Å²) >= 11 is 3.43. The Morgan fingerprint density at radius 3 is 3.06 bits per heavy atom. The lowest BCUT2D eigenvalue weighted by atomic mass is 10.2. The highest BCUT2D eigenvalue weighted by molar-refractivity contribution is 7.98. The molecule has 0 spiro atoms. The number of nitrogens with zero attached hydrogens (tertiary/aromatic N) is 1. The van der Waals surface area contributed by atoms with Crippen molar-refractivity contribution in [2.24, 2.45) is 5.92 Å². The summed E-state index contributed by atoms with van der Waals surface area (Å²) in [6.07, 6.45) is 0. The van der Waals surface area contributed by atoms with Crippen LogP contribution in [0.5, 0.6) is 0 Å². The predicted octanol–water partition coefficient (Wildman–Crippen LogP) is 3.57. The fraction of sp³-hybridized carbons (Fsp3) is 0.462. The molecule has 3 nitrogen and oxygen atoms in total. The highest BCUT2D eigenvalue weighted by Gasteiger charge is 2.12. The summed E-state index contributed by atoms with van der Waals surface area (Å²) in [7, 11) is 0. The summed E-state index contributed by atoms with van der Waals surface area (Å²) in [5.41, 5.74) is 2.05. The molecule has 0 amide bonds. The Labute approximate surface area is 115 Å². The van der Waals surface area contributed by atoms with E-state index in [-0.39, 0.29) is 6.61 Å². The molecule has 1 N–H and O–H groups in total. The topological polar surface area (TPSA) is 46.3 Å². The van der Waals surface area contributed by atoms with Gasteiger partial charge in [-0.15, -0.1) is 0 Å². The fourth-order valence-electron chi connectivity index (χ4n) is 1.48. The minimum atomic E-state index is 0.241. The van der Waals surface area contributed by atoms with Gasteiger partial charge in [0.05, 0.1) is 5.69 Å². The molecule has 2 aromatic heterocycles. The van der Waals surface area contributed by atoms with Gasteiger partial charge in [-0.05, 0) is 30.0 Å². The van der Waals surface area contributed by atoms with Crippen molar-refractivity contribution in [1.29, 1.82) is 0 Å². The van der Waals surface area contributed by atoms with Gasteiger partial charge in [0.2, 0.25) is 5.89 Å². The molecule has 0 radical (unpaired) electrons. The van der Waals surface area contributed by atoms with Gasteiger partial charge in [-0.2, -0.15) is 23.1 Å². The third-order valence-electron chi connectivity index (χ3n) is 2.61. The first-order valence-corrected chi connectivity index (χ1v) is 7.98. The van der Waals surface area contributed by atoms with E-state index < -0.39 is 0 Å². The van der Waals surface area contributed by atoms with Crippen LogP contribution in [0, 0.1) is 12.8 Å². The van der Waals surface area contributed by atoms with Crippen molar-refractivity contribution in [1.82, 2.24) is 4.98 Å². The van der Waals surface area contributed by atoms with Crippen LogP contribution in [0.4, 0.5) is 0 Å². The van der Waals surface area contributed by atoms with Gasteiger partial charge >= 0.3 is 0 Å². The first-order valence-electron chi connectivity index (χ1n) is 5.88. The number of hydrogen-bond acceptors (Lipinski definition) is 5. The Hall–Kier alpha value is -0.780. The van der Waals surface area contributed by atoms with Gasteiger partial charge in [0, 0.05) is 23.3 Å². The van der Waals surface area contributed by atoms with Gasteiger partial charge in [-0.1, -0.05) is 6.92 Å². The molecule has 2 rings (SSSR count). The Balaban J connectivity index is 1.97. The van der Waals surface area contributed by atoms with Gasteiger partial charge in [0.25, 0.3) is 0 Å². The highest BCUT2D eigenvalue weighted by atomic mass is 32.2. The standard InChI is InChI=1S/C13H17NO2S2/c1-9(5-15)6-18-8-12-10(2)16-13(14-12)11-3-4-17-7-11/h3-4,7,9,15H,5-6,8H2,1-2H3. The van der Waals surface area contributed by atoms with Gasteiger partial charge < -0.3 is 9.52 Å². The van der Waals surface area contributed by atoms with Crippen molar-refractivity contribution < 1.29 is 9.52 Å². The van der Waals surface area contributed by atoms with E-state index >= 15 is 0 Å². The fourth-order valence-corrected chi connectivity index (χ4v) is 3.20. The van der Waals surface area contributed by atoms with Crippen molar-refractivity contribution in [3.63, 3.8) is 0 Å². The molecule has 1 atom stereocenters. The predicted molar refractivity (Wildman–Crippen MR) is 77.0 cm³/mol. The molecule has 18 heavy (non-hydrogen) atoms. The highest BCUT2D eigenvalue weighted by Crippen LogP contribution is 2.26. The molecule has 0 fully saturated rings. The maximum atomic E-state index is 8.97. The average molecular weight is 283 g/mol. The Kier molecular flexibility index (Phi) is 4.86. The number of rotatable bonds is 6. The lowest BCUT2D eigenvalue weighted by Gasteiger charge is -2.05. The molecule has 5 heteroatoms. The van der Waals surface area contributed by atoms with Crippen LogP contribution in [0.2, 0.25) is 0 Å². The average Bonchev–Trinajstić information content (AvgIpc) is 2.99. The second-order valence-corrected chi connectivity index (χ2v) is 6.15. The Morgan fingerprint density at radius 2 is 2.39 bits per heavy atom. The van der Waals surface area contributed by atoms with Gasteiger partial charge in [-0.25, -0.2) is 4.98 Å². The molecule has 0 aromatic carbocycles. The van der Waals surface area contributed by atoms with Crippen LogP contribution in [0.3, 0.4) is 0 Å². The number of aliphatic hydroxyl groups excluding tert-OH is 1. The molecular weight excluding hydrogens is 266 g/mol. The van der Waals surface area contributed by atoms with Crippen LogP contribution in [-0.2, 0) is 5.75 Å². The van der Waals surface area contributed by atoms with E-state index in [2.05, 4.69) is 4.98 Å². The number of oxazole rings is 1. The molecule has 0 saturated carbocycles. The molecule has 98 valence electrons. The maximum Gasteiger partial charge on any atom is 0.227 e. The number of aliphatic hydroxyl groups is 1. The van der Waals surface area contributed by atoms with Crippen LogP contribution < -0.4 is 0 Å². The smallest absolute Gasteiger partial charge is 0.227 e. The van der Waals surface area contributed by atoms with E-state index in [4.69, 9.17) is 9.52 Å². The van der Waals surface area contributed by atoms with E-state index in [1.807, 2.05) is 30.7 Å². The van der Waals surface area contributed by atoms with Crippen LogP contribution >= 0.6 is 23.1 Å². The van der Waals surface area contributed by atoms with E-state index in [0.717, 1.165) is 28.5 Å². The number of thioether (sulfide) groups is 1. The van der Waals surface area contributed by atoms with Crippen molar-refractivity contribution in [3.8, 4) is 11.5 Å². The van der Waals surface area contributed by atoms with E-state index in [9.17, 15) is 0 Å². The molecular formula is C13H17NO2S2. The van der Waals surface area contributed by atoms with Crippen LogP contribution in [0.25, 0.3) is 11.5 Å². The summed E-state index contributed by atoms with van der Waals surface area (Å²) < 4.78 is 5.68. The Morgan fingerprint density at radius 1 is 1.56 bits per heavy atom. The molecule has 0 saturated heterocycles. The number of aromatic nitrogens is 1. The lowest BCUT2D eigenvalue weighted by Crippen LogP contribution is -2.03. The quantitative estimate of drug-likeness (QED) is 0.880. The van der Waals surface area contributed by atoms with Crippen molar-refractivity contribution in [2.75, 3.05) is 12.4 Å². The van der Waals surface area contributed by atoms with Crippen molar-refractivity contribution in [3.05, 3.63) is 28.3 Å². The third kappa shape index (κ3) is 3.37. The zero-order valence-electron chi connectivity index (χ0n) is 10.5. The second kappa shape index (κ2) is 6.41. The Bertz CT molecular complexity index is 479. The first kappa shape index (κ1) is 13.6. The lowest BCUT2D eigenvalue weighted by molar-refractivity contribution is 0.250. The molecule has 1 unspecified atom stereocenters. The number of aryl methyl sites for hydroxylation is 1. The number of thiophene rings is 1. The molecule has 0 bridgehead atoms. The van der Waals surface area contributed by atoms with Crippen LogP contribution in [-0.4, -0.2) is 22.5 Å². The molecule has 0 aliphatic carbocycles. The number of hydrogen-bond donors (Lipinski definition) is 1. The zero-order valence-corrected chi connectivity index (χ0v) is 12.2. The van der Waals surface area contributed by atoms with Gasteiger partial charge in [0.1, 0.15) is 5.76 Å². The van der Waals surface area contributed by atoms with E-state index in [0.29, 0.717) is 11.8 Å². The molecule has 0 aliphatic heterocycles. The maximum absolute atomic E-state index is 8.97. The molecule has 2 aromatic rings. The largest absolute Gasteiger partial charge is 0.441 e. The van der Waals surface area contributed by atoms with Gasteiger partial charge in [0.15, 0.2) is 0 Å². The third-order valence-corrected chi connectivity index (χ3v) is 4.58. The molecule has 2 heterocycles. The van der Waals surface area contributed by atoms with Gasteiger partial charge in [-0.3, -0.25) is 0 Å². The SMILES string of the molecule is Cc1oc(-c2ccsc2)nc1CSCC(C)CO. The van der Waals surface area contributed by atoms with Crippen LogP contribution in [0.15, 0.2) is 21.2 Å². The summed E-state index contributed by atoms with van der Waals surface area (Å²) in [6.45, 7) is 4.23. The minimum absolute atomic E-state index is 0.241. The van der Waals surface area contributed by atoms with E-state index in [1.165, 1.54) is 0 Å². The van der Waals surface area contributed by atoms with Crippen LogP contribution in [0.1, 0.15) is 18.4 Å². The first-order chi connectivity index (χ1) is 8.70. The zero-order chi connectivity index (χ0) is 13.0. The summed E-state index contributed by atoms with van der Waals surface area (Å²) in [4.78, 5) is 4.53. The summed E-state index contributed by atoms with van der Waals surface area (Å²) in [5, 5.41) is 13.0. The summed E-state index contributed by atoms with van der Waals surface area (Å²) in [5.74, 6) is 3.71. The van der Waals surface area contributed by atoms with Crippen molar-refractivity contribution >= 4 is 23.1 Å². The molecule has 0 aliphatic rings. The monoisotopic (exact) mass is 283 g/mol. The second-order valence-electron chi connectivity index (χ2n) is 4.34. The van der Waals surface area contributed by atoms with Crippen molar-refractivity contribution in [2.45, 2.75) is 19.6 Å². The minimum Gasteiger partial charge on any atom is -0.441 e. The van der Waals surface area contributed by atoms with E-state index in [1.54, 1.807) is 23.1 Å².